The van der Waals surface area contributed by atoms with Crippen LogP contribution in [0.5, 0.6) is 0 Å². The van der Waals surface area contributed by atoms with Gasteiger partial charge in [0.25, 0.3) is 0 Å². The molecule has 1 amide bonds. The Morgan fingerprint density at radius 3 is 3.19 bits per heavy atom. The highest BCUT2D eigenvalue weighted by atomic mass is 16.6. The predicted molar refractivity (Wildman–Crippen MR) is 60.4 cm³/mol. The lowest BCUT2D eigenvalue weighted by atomic mass is 10.2. The quantitative estimate of drug-likeness (QED) is 0.476. The van der Waals surface area contributed by atoms with Crippen molar-refractivity contribution in [1.29, 1.82) is 0 Å². The molecule has 0 unspecified atom stereocenters. The lowest BCUT2D eigenvalue weighted by molar-refractivity contribution is -0.122. The molecule has 92 valence electrons. The fourth-order valence-corrected chi connectivity index (χ4v) is 1.43. The van der Waals surface area contributed by atoms with Crippen molar-refractivity contribution in [3.05, 3.63) is 0 Å². The molecule has 0 aromatic heterocycles. The highest BCUT2D eigenvalue weighted by molar-refractivity contribution is 5.96. The molecule has 2 N–H and O–H groups in total. The summed E-state index contributed by atoms with van der Waals surface area (Å²) in [6, 6.07) is -0.198. The Kier molecular flexibility index (Phi) is 5.81. The van der Waals surface area contributed by atoms with Crippen LogP contribution in [-0.2, 0) is 14.4 Å². The number of carbonyl (C=O) groups is 1. The van der Waals surface area contributed by atoms with Crippen LogP contribution < -0.4 is 10.6 Å². The number of methoxy groups -OCH3 is 1. The Bertz CT molecular complexity index is 256. The summed E-state index contributed by atoms with van der Waals surface area (Å²) in [7, 11) is 1.60. The molecule has 1 aliphatic heterocycles. The van der Waals surface area contributed by atoms with Gasteiger partial charge in [-0.05, 0) is 6.92 Å². The maximum absolute atomic E-state index is 11.6. The zero-order valence-corrected chi connectivity index (χ0v) is 9.78. The van der Waals surface area contributed by atoms with Gasteiger partial charge in [0.15, 0.2) is 0 Å². The minimum Gasteiger partial charge on any atom is -0.396 e. The number of amides is 1. The summed E-state index contributed by atoms with van der Waals surface area (Å²) in [4.78, 5) is 16.6. The summed E-state index contributed by atoms with van der Waals surface area (Å²) in [6.07, 6.45) is 0.610. The number of hydrogen-bond acceptors (Lipinski definition) is 5. The molecule has 0 saturated carbocycles. The lowest BCUT2D eigenvalue weighted by Gasteiger charge is -2.09. The smallest absolute Gasteiger partial charge is 0.237 e. The third-order valence-electron chi connectivity index (χ3n) is 2.24. The molecule has 0 aromatic rings. The Balaban J connectivity index is 2.26. The average Bonchev–Trinajstić information content (AvgIpc) is 2.75. The minimum absolute atomic E-state index is 0.0150. The van der Waals surface area contributed by atoms with Crippen LogP contribution in [0.25, 0.3) is 0 Å². The zero-order chi connectivity index (χ0) is 11.8. The SMILES string of the molecule is CCO/N=C1/CN[C@H](C(=O)NCCOC)C1. The molecule has 1 rings (SSSR count). The highest BCUT2D eigenvalue weighted by Crippen LogP contribution is 2.04. The third kappa shape index (κ3) is 4.16. The second kappa shape index (κ2) is 7.19. The molecule has 6 nitrogen and oxygen atoms in total. The van der Waals surface area contributed by atoms with Gasteiger partial charge in [0.1, 0.15) is 6.61 Å². The van der Waals surface area contributed by atoms with Gasteiger partial charge in [-0.3, -0.25) is 4.79 Å². The van der Waals surface area contributed by atoms with Gasteiger partial charge in [0, 0.05) is 26.6 Å². The van der Waals surface area contributed by atoms with Gasteiger partial charge in [-0.15, -0.1) is 0 Å². The molecule has 0 radical (unpaired) electrons. The van der Waals surface area contributed by atoms with E-state index < -0.39 is 0 Å². The highest BCUT2D eigenvalue weighted by Gasteiger charge is 2.26. The molecule has 1 aliphatic rings. The number of nitrogens with zero attached hydrogens (tertiary/aromatic N) is 1. The molecular formula is C10H19N3O3. The number of nitrogens with one attached hydrogen (secondary N) is 2. The van der Waals surface area contributed by atoms with Crippen molar-refractivity contribution in [3.63, 3.8) is 0 Å². The maximum atomic E-state index is 11.6. The molecule has 0 aromatic carbocycles. The summed E-state index contributed by atoms with van der Waals surface area (Å²) < 4.78 is 4.85. The molecule has 0 bridgehead atoms. The van der Waals surface area contributed by atoms with E-state index in [1.807, 2.05) is 6.92 Å². The molecule has 1 fully saturated rings. The van der Waals surface area contributed by atoms with Crippen molar-refractivity contribution in [2.75, 3.05) is 33.4 Å². The fraction of sp³-hybridized carbons (Fsp3) is 0.800. The topological polar surface area (TPSA) is 72.0 Å². The largest absolute Gasteiger partial charge is 0.396 e. The number of oxime groups is 1. The van der Waals surface area contributed by atoms with Crippen LogP contribution >= 0.6 is 0 Å². The molecule has 6 heteroatoms. The van der Waals surface area contributed by atoms with E-state index in [1.54, 1.807) is 7.11 Å². The lowest BCUT2D eigenvalue weighted by Crippen LogP contribution is -2.41. The summed E-state index contributed by atoms with van der Waals surface area (Å²) >= 11 is 0. The summed E-state index contributed by atoms with van der Waals surface area (Å²) in [5.41, 5.74) is 0.883. The number of carbonyl (C=O) groups excluding carboxylic acids is 1. The van der Waals surface area contributed by atoms with Crippen molar-refractivity contribution >= 4 is 11.6 Å². The monoisotopic (exact) mass is 229 g/mol. The van der Waals surface area contributed by atoms with Crippen LogP contribution in [-0.4, -0.2) is 51.1 Å². The van der Waals surface area contributed by atoms with E-state index in [9.17, 15) is 4.79 Å². The van der Waals surface area contributed by atoms with Crippen molar-refractivity contribution in [2.45, 2.75) is 19.4 Å². The van der Waals surface area contributed by atoms with Gasteiger partial charge in [0.2, 0.25) is 5.91 Å². The molecular weight excluding hydrogens is 210 g/mol. The second-order valence-electron chi connectivity index (χ2n) is 3.50. The van der Waals surface area contributed by atoms with E-state index in [0.29, 0.717) is 32.7 Å². The third-order valence-corrected chi connectivity index (χ3v) is 2.24. The zero-order valence-electron chi connectivity index (χ0n) is 9.78. The van der Waals surface area contributed by atoms with E-state index in [4.69, 9.17) is 9.57 Å². The van der Waals surface area contributed by atoms with E-state index in [-0.39, 0.29) is 11.9 Å². The first-order chi connectivity index (χ1) is 7.77. The number of ether oxygens (including phenoxy) is 1. The van der Waals surface area contributed by atoms with E-state index >= 15 is 0 Å². The standard InChI is InChI=1S/C10H19N3O3/c1-3-16-13-8-6-9(12-7-8)10(14)11-4-5-15-2/h9,12H,3-7H2,1-2H3,(H,11,14)/b13-8+/t9-/m0/s1. The van der Waals surface area contributed by atoms with Crippen molar-refractivity contribution < 1.29 is 14.4 Å². The summed E-state index contributed by atoms with van der Waals surface area (Å²) in [5, 5.41) is 9.78. The van der Waals surface area contributed by atoms with E-state index in [2.05, 4.69) is 15.8 Å². The van der Waals surface area contributed by atoms with Crippen LogP contribution in [0.1, 0.15) is 13.3 Å². The van der Waals surface area contributed by atoms with Crippen molar-refractivity contribution in [1.82, 2.24) is 10.6 Å². The van der Waals surface area contributed by atoms with E-state index in [0.717, 1.165) is 5.71 Å². The Morgan fingerprint density at radius 2 is 2.50 bits per heavy atom. The Labute approximate surface area is 95.4 Å². The predicted octanol–water partition coefficient (Wildman–Crippen LogP) is -0.497. The molecule has 1 heterocycles. The van der Waals surface area contributed by atoms with Crippen molar-refractivity contribution in [3.8, 4) is 0 Å². The van der Waals surface area contributed by atoms with E-state index in [1.165, 1.54) is 0 Å². The minimum atomic E-state index is -0.198. The molecule has 0 spiro atoms. The van der Waals surface area contributed by atoms with Gasteiger partial charge in [-0.1, -0.05) is 5.16 Å². The molecule has 16 heavy (non-hydrogen) atoms. The van der Waals surface area contributed by atoms with Crippen LogP contribution in [0.2, 0.25) is 0 Å². The van der Waals surface area contributed by atoms with Crippen LogP contribution in [0.4, 0.5) is 0 Å². The van der Waals surface area contributed by atoms with Gasteiger partial charge in [-0.2, -0.15) is 0 Å². The summed E-state index contributed by atoms with van der Waals surface area (Å²) in [6.45, 7) is 4.10. The van der Waals surface area contributed by atoms with Gasteiger partial charge < -0.3 is 20.2 Å². The molecule has 1 saturated heterocycles. The van der Waals surface area contributed by atoms with Gasteiger partial charge in [-0.25, -0.2) is 0 Å². The maximum Gasteiger partial charge on any atom is 0.237 e. The first-order valence-corrected chi connectivity index (χ1v) is 5.45. The van der Waals surface area contributed by atoms with Gasteiger partial charge >= 0.3 is 0 Å². The molecule has 1 atom stereocenters. The number of hydrogen-bond donors (Lipinski definition) is 2. The normalized spacial score (nSPS) is 22.4. The van der Waals surface area contributed by atoms with Crippen LogP contribution in [0.3, 0.4) is 0 Å². The second-order valence-corrected chi connectivity index (χ2v) is 3.50. The average molecular weight is 229 g/mol. The summed E-state index contributed by atoms with van der Waals surface area (Å²) in [5.74, 6) is -0.0150. The number of rotatable bonds is 6. The first-order valence-electron chi connectivity index (χ1n) is 5.45. The Hall–Kier alpha value is -1.14. The fourth-order valence-electron chi connectivity index (χ4n) is 1.43. The van der Waals surface area contributed by atoms with Crippen molar-refractivity contribution in [2.24, 2.45) is 5.16 Å². The van der Waals surface area contributed by atoms with Gasteiger partial charge in [0.05, 0.1) is 18.4 Å². The molecule has 0 aliphatic carbocycles. The Morgan fingerprint density at radius 1 is 1.69 bits per heavy atom. The van der Waals surface area contributed by atoms with Crippen LogP contribution in [0, 0.1) is 0 Å². The van der Waals surface area contributed by atoms with Crippen LogP contribution in [0.15, 0.2) is 5.16 Å². The first kappa shape index (κ1) is 12.9.